The van der Waals surface area contributed by atoms with Crippen LogP contribution in [0.2, 0.25) is 0 Å². The maximum Gasteiger partial charge on any atom is 0.227 e. The van der Waals surface area contributed by atoms with Crippen LogP contribution in [-0.2, 0) is 0 Å². The first-order valence-electron chi connectivity index (χ1n) is 16.6. The van der Waals surface area contributed by atoms with Crippen LogP contribution in [0.4, 0.5) is 0 Å². The van der Waals surface area contributed by atoms with E-state index in [-0.39, 0.29) is 17.0 Å². The average molecular weight is 547 g/mol. The number of nitrogens with zero attached hydrogens (tertiary/aromatic N) is 4. The van der Waals surface area contributed by atoms with Crippen LogP contribution in [0.1, 0.15) is 19.5 Å². The molecule has 0 bridgehead atoms. The number of fused-ring (bicyclic) bond motifs is 10. The van der Waals surface area contributed by atoms with Crippen LogP contribution in [-0.4, -0.2) is 19.5 Å². The molecule has 0 amide bonds. The molecule has 0 radical (unpaired) electrons. The molecule has 9 aromatic rings. The summed E-state index contributed by atoms with van der Waals surface area (Å²) in [6.07, 6.45) is 1.78. The first kappa shape index (κ1) is 18.0. The van der Waals surface area contributed by atoms with Gasteiger partial charge in [0.05, 0.1) is 22.1 Å². The van der Waals surface area contributed by atoms with Crippen LogP contribution in [0, 0.1) is 13.7 Å². The topological polar surface area (TPSA) is 56.7 Å². The molecule has 0 saturated carbocycles. The third-order valence-electron chi connectivity index (χ3n) is 8.11. The van der Waals surface area contributed by atoms with E-state index in [1.165, 1.54) is 6.07 Å². The number of benzene rings is 5. The van der Waals surface area contributed by atoms with Gasteiger partial charge in [-0.15, -0.1) is 0 Å². The molecule has 0 N–H and O–H groups in total. The lowest BCUT2D eigenvalue weighted by Gasteiger charge is -2.14. The van der Waals surface area contributed by atoms with E-state index in [0.717, 1.165) is 37.8 Å². The standard InChI is InChI=1S/C37H24N4O/c1-21-8-5-14-32-34(21)41(36(40-32)30-12-6-11-28-29-17-15-22(2)39-37(29)42-35(28)30)23-16-18-26-24-9-3-4-10-25(24)27-13-7-19-38-33(27)31(26)20-23/h3-20H,1-2H3/i1D3,2D3. The summed E-state index contributed by atoms with van der Waals surface area (Å²) in [5, 5.41) is 6.57. The van der Waals surface area contributed by atoms with E-state index in [4.69, 9.17) is 22.6 Å². The fourth-order valence-corrected chi connectivity index (χ4v) is 6.31. The highest BCUT2D eigenvalue weighted by Gasteiger charge is 2.21. The van der Waals surface area contributed by atoms with Crippen molar-refractivity contribution in [2.45, 2.75) is 13.7 Å². The molecule has 4 heterocycles. The minimum Gasteiger partial charge on any atom is -0.437 e. The van der Waals surface area contributed by atoms with Crippen LogP contribution in [0.3, 0.4) is 0 Å². The summed E-state index contributed by atoms with van der Waals surface area (Å²) in [5.41, 5.74) is 3.89. The van der Waals surface area contributed by atoms with Crippen molar-refractivity contribution in [2.24, 2.45) is 0 Å². The monoisotopic (exact) mass is 546 g/mol. The molecular weight excluding hydrogens is 516 g/mol. The van der Waals surface area contributed by atoms with Crippen molar-refractivity contribution in [1.82, 2.24) is 19.5 Å². The Morgan fingerprint density at radius 1 is 0.667 bits per heavy atom. The van der Waals surface area contributed by atoms with Gasteiger partial charge in [-0.3, -0.25) is 9.55 Å². The molecule has 5 heteroatoms. The summed E-state index contributed by atoms with van der Waals surface area (Å²) in [6.45, 7) is -4.81. The van der Waals surface area contributed by atoms with Gasteiger partial charge in [0.15, 0.2) is 0 Å². The first-order valence-corrected chi connectivity index (χ1v) is 13.6. The van der Waals surface area contributed by atoms with Crippen LogP contribution in [0.15, 0.2) is 114 Å². The Balaban J connectivity index is 1.39. The SMILES string of the molecule is [2H]C([2H])([2H])c1ccc2c(n1)oc1c(-c3nc4cccc(C([2H])([2H])[2H])c4n3-c3ccc4c5ccccc5c5cccnc5c4c3)cccc12. The maximum absolute atomic E-state index is 8.44. The summed E-state index contributed by atoms with van der Waals surface area (Å²) in [4.78, 5) is 14.2. The van der Waals surface area contributed by atoms with Gasteiger partial charge < -0.3 is 4.42 Å². The van der Waals surface area contributed by atoms with Crippen molar-refractivity contribution in [2.75, 3.05) is 0 Å². The third kappa shape index (κ3) is 3.16. The van der Waals surface area contributed by atoms with Gasteiger partial charge in [0.2, 0.25) is 5.71 Å². The number of rotatable bonds is 2. The van der Waals surface area contributed by atoms with Gasteiger partial charge >= 0.3 is 0 Å². The summed E-state index contributed by atoms with van der Waals surface area (Å²) >= 11 is 0. The normalized spacial score (nSPS) is 14.8. The van der Waals surface area contributed by atoms with E-state index in [9.17, 15) is 0 Å². The van der Waals surface area contributed by atoms with Gasteiger partial charge in [-0.1, -0.05) is 60.7 Å². The van der Waals surface area contributed by atoms with Crippen molar-refractivity contribution in [3.63, 3.8) is 0 Å². The molecule has 0 spiro atoms. The molecule has 4 aromatic heterocycles. The first-order chi connectivity index (χ1) is 23.1. The highest BCUT2D eigenvalue weighted by atomic mass is 16.3. The van der Waals surface area contributed by atoms with Crippen LogP contribution >= 0.6 is 0 Å². The Morgan fingerprint density at radius 3 is 2.38 bits per heavy atom. The lowest BCUT2D eigenvalue weighted by molar-refractivity contribution is 0.653. The molecular formula is C37H24N4O. The number of hydrogen-bond donors (Lipinski definition) is 0. The zero-order chi connectivity index (χ0) is 32.9. The Labute approximate surface area is 249 Å². The summed E-state index contributed by atoms with van der Waals surface area (Å²) < 4.78 is 57.0. The van der Waals surface area contributed by atoms with Gasteiger partial charge in [0.25, 0.3) is 0 Å². The Morgan fingerprint density at radius 2 is 1.48 bits per heavy atom. The van der Waals surface area contributed by atoms with Gasteiger partial charge in [-0.2, -0.15) is 0 Å². The van der Waals surface area contributed by atoms with E-state index < -0.39 is 13.7 Å². The number of aromatic nitrogens is 4. The Kier molecular flexibility index (Phi) is 3.63. The summed E-state index contributed by atoms with van der Waals surface area (Å²) in [5.74, 6) is 0.472. The highest BCUT2D eigenvalue weighted by molar-refractivity contribution is 6.24. The molecule has 198 valence electrons. The fraction of sp³-hybridized carbons (Fsp3) is 0.0541. The van der Waals surface area contributed by atoms with E-state index in [0.29, 0.717) is 39.1 Å². The zero-order valence-corrected chi connectivity index (χ0v) is 22.1. The van der Waals surface area contributed by atoms with Crippen molar-refractivity contribution < 1.29 is 12.6 Å². The quantitative estimate of drug-likeness (QED) is 0.203. The highest BCUT2D eigenvalue weighted by Crippen LogP contribution is 2.40. The van der Waals surface area contributed by atoms with Crippen LogP contribution in [0.25, 0.3) is 82.6 Å². The summed E-state index contributed by atoms with van der Waals surface area (Å²) in [7, 11) is 0. The van der Waals surface area contributed by atoms with Crippen molar-refractivity contribution >= 4 is 65.6 Å². The van der Waals surface area contributed by atoms with Crippen LogP contribution in [0.5, 0.6) is 0 Å². The minimum absolute atomic E-state index is 0.0605. The third-order valence-corrected chi connectivity index (χ3v) is 8.11. The van der Waals surface area contributed by atoms with Gasteiger partial charge in [-0.25, -0.2) is 9.97 Å². The zero-order valence-electron chi connectivity index (χ0n) is 28.1. The predicted octanol–water partition coefficient (Wildman–Crippen LogP) is 9.46. The second-order valence-corrected chi connectivity index (χ2v) is 10.5. The molecule has 0 aliphatic carbocycles. The lowest BCUT2D eigenvalue weighted by atomic mass is 9.96. The Hall–Kier alpha value is -5.55. The molecule has 0 saturated heterocycles. The number of hydrogen-bond acceptors (Lipinski definition) is 4. The van der Waals surface area contributed by atoms with E-state index in [1.54, 1.807) is 30.5 Å². The minimum atomic E-state index is -2.42. The van der Waals surface area contributed by atoms with E-state index in [2.05, 4.69) is 29.2 Å². The number of pyridine rings is 2. The molecule has 5 nitrogen and oxygen atoms in total. The Bertz CT molecular complexity index is 2740. The molecule has 0 unspecified atom stereocenters. The second kappa shape index (κ2) is 8.48. The number of imidazole rings is 1. The summed E-state index contributed by atoms with van der Waals surface area (Å²) in [6, 6.07) is 32.3. The lowest BCUT2D eigenvalue weighted by Crippen LogP contribution is -1.99. The van der Waals surface area contributed by atoms with Crippen LogP contribution < -0.4 is 0 Å². The molecule has 42 heavy (non-hydrogen) atoms. The smallest absolute Gasteiger partial charge is 0.227 e. The van der Waals surface area contributed by atoms with E-state index in [1.807, 2.05) is 53.1 Å². The predicted molar refractivity (Wildman–Crippen MR) is 171 cm³/mol. The molecule has 0 aliphatic heterocycles. The van der Waals surface area contributed by atoms with Gasteiger partial charge in [0, 0.05) is 47.3 Å². The number of para-hydroxylation sites is 2. The fourth-order valence-electron chi connectivity index (χ4n) is 6.31. The molecule has 9 rings (SSSR count). The second-order valence-electron chi connectivity index (χ2n) is 10.5. The van der Waals surface area contributed by atoms with E-state index >= 15 is 0 Å². The molecule has 0 atom stereocenters. The molecule has 0 aliphatic rings. The number of furan rings is 1. The largest absolute Gasteiger partial charge is 0.437 e. The average Bonchev–Trinajstić information content (AvgIpc) is 3.66. The molecule has 5 aromatic carbocycles. The van der Waals surface area contributed by atoms with Crippen molar-refractivity contribution in [3.05, 3.63) is 121 Å². The number of aryl methyl sites for hydroxylation is 2. The van der Waals surface area contributed by atoms with Crippen molar-refractivity contribution in [1.29, 1.82) is 0 Å². The maximum atomic E-state index is 8.44. The molecule has 0 fully saturated rings. The van der Waals surface area contributed by atoms with Gasteiger partial charge in [0.1, 0.15) is 11.4 Å². The van der Waals surface area contributed by atoms with Gasteiger partial charge in [-0.05, 0) is 77.9 Å². The van der Waals surface area contributed by atoms with Crippen molar-refractivity contribution in [3.8, 4) is 17.1 Å².